The monoisotopic (exact) mass is 232 g/mol. The summed E-state index contributed by atoms with van der Waals surface area (Å²) in [6, 6.07) is 3.32. The van der Waals surface area contributed by atoms with Crippen LogP contribution in [0.4, 0.5) is 0 Å². The smallest absolute Gasteiger partial charge is 0.171 e. The summed E-state index contributed by atoms with van der Waals surface area (Å²) in [5, 5.41) is 0. The average Bonchev–Trinajstić information content (AvgIpc) is 2.06. The van der Waals surface area contributed by atoms with Crippen LogP contribution in [0.2, 0.25) is 0 Å². The standard InChI is InChI=1S/C9H12O3S2/c1-6-5-9(14(10,11)13)7(2)4-8(6)12-3/h4-5H,1-3H3,(H,10,11,13). The van der Waals surface area contributed by atoms with Gasteiger partial charge in [0.25, 0.3) is 0 Å². The van der Waals surface area contributed by atoms with E-state index in [-0.39, 0.29) is 0 Å². The molecule has 0 aromatic heterocycles. The average molecular weight is 232 g/mol. The SMILES string of the molecule is COc1cc(C)c(S(=O)(O)=S)cc1C. The lowest BCUT2D eigenvalue weighted by atomic mass is 10.1. The fourth-order valence-electron chi connectivity index (χ4n) is 1.26. The van der Waals surface area contributed by atoms with E-state index >= 15 is 0 Å². The molecule has 3 nitrogen and oxygen atoms in total. The summed E-state index contributed by atoms with van der Waals surface area (Å²) in [5.41, 5.74) is 1.48. The van der Waals surface area contributed by atoms with Gasteiger partial charge in [0.15, 0.2) is 8.77 Å². The molecule has 1 atom stereocenters. The molecule has 1 rings (SSSR count). The maximum absolute atomic E-state index is 11.3. The number of hydrogen-bond donors (Lipinski definition) is 1. The van der Waals surface area contributed by atoms with Crippen LogP contribution in [0.25, 0.3) is 0 Å². The highest BCUT2D eigenvalue weighted by Gasteiger charge is 2.12. The molecule has 0 saturated carbocycles. The second-order valence-electron chi connectivity index (χ2n) is 3.06. The molecule has 14 heavy (non-hydrogen) atoms. The zero-order chi connectivity index (χ0) is 10.9. The first-order valence-electron chi connectivity index (χ1n) is 3.99. The molecule has 0 heterocycles. The summed E-state index contributed by atoms with van der Waals surface area (Å²) in [7, 11) is -1.74. The molecule has 0 aliphatic heterocycles. The zero-order valence-electron chi connectivity index (χ0n) is 8.23. The van der Waals surface area contributed by atoms with Crippen molar-refractivity contribution in [2.75, 3.05) is 7.11 Å². The quantitative estimate of drug-likeness (QED) is 0.846. The molecule has 0 amide bonds. The molecule has 0 saturated heterocycles. The van der Waals surface area contributed by atoms with Crippen LogP contribution in [0.5, 0.6) is 5.75 Å². The first-order chi connectivity index (χ1) is 6.36. The lowest BCUT2D eigenvalue weighted by Gasteiger charge is -2.10. The minimum atomic E-state index is -3.30. The van der Waals surface area contributed by atoms with Crippen molar-refractivity contribution in [3.63, 3.8) is 0 Å². The highest BCUT2D eigenvalue weighted by atomic mass is 32.8. The summed E-state index contributed by atoms with van der Waals surface area (Å²) in [6.07, 6.45) is 0. The number of rotatable bonds is 2. The van der Waals surface area contributed by atoms with E-state index < -0.39 is 8.77 Å². The molecular formula is C9H12O3S2. The van der Waals surface area contributed by atoms with Crippen LogP contribution in [0.1, 0.15) is 11.1 Å². The summed E-state index contributed by atoms with van der Waals surface area (Å²) in [4.78, 5) is 0.297. The van der Waals surface area contributed by atoms with Gasteiger partial charge in [0.1, 0.15) is 5.75 Å². The predicted octanol–water partition coefficient (Wildman–Crippen LogP) is 1.89. The normalized spacial score (nSPS) is 14.9. The Balaban J connectivity index is 3.44. The molecule has 0 aliphatic carbocycles. The highest BCUT2D eigenvalue weighted by Crippen LogP contribution is 2.25. The summed E-state index contributed by atoms with van der Waals surface area (Å²) < 4.78 is 25.6. The van der Waals surface area contributed by atoms with E-state index in [0.29, 0.717) is 16.2 Å². The first-order valence-corrected chi connectivity index (χ1v) is 6.43. The molecule has 0 aliphatic rings. The predicted molar refractivity (Wildman–Crippen MR) is 58.9 cm³/mol. The number of methoxy groups -OCH3 is 1. The lowest BCUT2D eigenvalue weighted by Crippen LogP contribution is -2.01. The van der Waals surface area contributed by atoms with Crippen LogP contribution in [-0.4, -0.2) is 15.9 Å². The molecule has 0 spiro atoms. The Morgan fingerprint density at radius 1 is 1.36 bits per heavy atom. The van der Waals surface area contributed by atoms with Gasteiger partial charge in [-0.05, 0) is 37.1 Å². The molecule has 1 unspecified atom stereocenters. The van der Waals surface area contributed by atoms with E-state index in [2.05, 4.69) is 11.2 Å². The van der Waals surface area contributed by atoms with Gasteiger partial charge in [0, 0.05) is 11.2 Å². The van der Waals surface area contributed by atoms with Gasteiger partial charge in [0.2, 0.25) is 0 Å². The van der Waals surface area contributed by atoms with Crippen molar-refractivity contribution in [3.05, 3.63) is 23.3 Å². The highest BCUT2D eigenvalue weighted by molar-refractivity contribution is 8.29. The van der Waals surface area contributed by atoms with Crippen LogP contribution in [0.3, 0.4) is 0 Å². The Kier molecular flexibility index (Phi) is 3.14. The van der Waals surface area contributed by atoms with Crippen LogP contribution < -0.4 is 4.74 Å². The molecule has 0 fully saturated rings. The second-order valence-corrected chi connectivity index (χ2v) is 5.81. The van der Waals surface area contributed by atoms with E-state index in [1.807, 2.05) is 6.92 Å². The fourth-order valence-corrected chi connectivity index (χ4v) is 2.59. The molecule has 1 aromatic carbocycles. The number of ether oxygens (including phenoxy) is 1. The fraction of sp³-hybridized carbons (Fsp3) is 0.333. The van der Waals surface area contributed by atoms with Gasteiger partial charge in [-0.25, -0.2) is 4.21 Å². The van der Waals surface area contributed by atoms with E-state index in [9.17, 15) is 8.76 Å². The number of aryl methyl sites for hydroxylation is 2. The van der Waals surface area contributed by atoms with Crippen molar-refractivity contribution in [2.45, 2.75) is 18.7 Å². The Bertz CT molecular complexity index is 449. The third-order valence-corrected chi connectivity index (χ3v) is 3.50. The topological polar surface area (TPSA) is 46.5 Å². The number of hydrogen-bond acceptors (Lipinski definition) is 3. The number of benzene rings is 1. The summed E-state index contributed by atoms with van der Waals surface area (Å²) in [5.74, 6) is 0.699. The lowest BCUT2D eigenvalue weighted by molar-refractivity contribution is 0.411. The van der Waals surface area contributed by atoms with Crippen molar-refractivity contribution >= 4 is 20.0 Å². The Morgan fingerprint density at radius 3 is 2.36 bits per heavy atom. The van der Waals surface area contributed by atoms with Crippen LogP contribution in [-0.2, 0) is 20.0 Å². The minimum Gasteiger partial charge on any atom is -0.496 e. The van der Waals surface area contributed by atoms with Gasteiger partial charge in [-0.1, -0.05) is 0 Å². The largest absolute Gasteiger partial charge is 0.496 e. The third kappa shape index (κ3) is 2.23. The van der Waals surface area contributed by atoms with Crippen molar-refractivity contribution in [1.82, 2.24) is 0 Å². The van der Waals surface area contributed by atoms with Gasteiger partial charge < -0.3 is 9.29 Å². The van der Waals surface area contributed by atoms with Gasteiger partial charge in [-0.15, -0.1) is 0 Å². The molecule has 1 aromatic rings. The van der Waals surface area contributed by atoms with Crippen molar-refractivity contribution in [2.24, 2.45) is 0 Å². The zero-order valence-corrected chi connectivity index (χ0v) is 9.87. The van der Waals surface area contributed by atoms with Gasteiger partial charge >= 0.3 is 0 Å². The molecule has 1 N–H and O–H groups in total. The molecule has 5 heteroatoms. The van der Waals surface area contributed by atoms with Gasteiger partial charge in [0.05, 0.1) is 12.0 Å². The van der Waals surface area contributed by atoms with E-state index in [4.69, 9.17) is 4.74 Å². The molecule has 0 bridgehead atoms. The minimum absolute atomic E-state index is 0.297. The molecular weight excluding hydrogens is 220 g/mol. The van der Waals surface area contributed by atoms with Crippen molar-refractivity contribution in [1.29, 1.82) is 0 Å². The first kappa shape index (κ1) is 11.4. The van der Waals surface area contributed by atoms with Gasteiger partial charge in [-0.3, -0.25) is 0 Å². The Hall–Kier alpha value is -0.650. The maximum Gasteiger partial charge on any atom is 0.171 e. The molecule has 0 radical (unpaired) electrons. The Morgan fingerprint density at radius 2 is 1.93 bits per heavy atom. The third-order valence-electron chi connectivity index (χ3n) is 1.97. The summed E-state index contributed by atoms with van der Waals surface area (Å²) >= 11 is 4.52. The van der Waals surface area contributed by atoms with E-state index in [1.165, 1.54) is 0 Å². The van der Waals surface area contributed by atoms with Crippen molar-refractivity contribution < 1.29 is 13.5 Å². The molecule has 78 valence electrons. The van der Waals surface area contributed by atoms with Crippen LogP contribution in [0, 0.1) is 13.8 Å². The summed E-state index contributed by atoms with van der Waals surface area (Å²) in [6.45, 7) is 3.54. The van der Waals surface area contributed by atoms with Gasteiger partial charge in [-0.2, -0.15) is 0 Å². The Labute approximate surface area is 88.6 Å². The van der Waals surface area contributed by atoms with Crippen LogP contribution in [0.15, 0.2) is 17.0 Å². The maximum atomic E-state index is 11.3. The van der Waals surface area contributed by atoms with Crippen molar-refractivity contribution in [3.8, 4) is 5.75 Å². The van der Waals surface area contributed by atoms with E-state index in [0.717, 1.165) is 5.56 Å². The van der Waals surface area contributed by atoms with Crippen LogP contribution >= 0.6 is 0 Å². The second kappa shape index (κ2) is 3.84. The van der Waals surface area contributed by atoms with E-state index in [1.54, 1.807) is 26.2 Å².